The Kier molecular flexibility index (Phi) is 3.93. The highest BCUT2D eigenvalue weighted by atomic mass is 15.2. The van der Waals surface area contributed by atoms with Crippen LogP contribution in [0.3, 0.4) is 0 Å². The molecular formula is C13H21N3. The Balaban J connectivity index is 3.00. The van der Waals surface area contributed by atoms with E-state index >= 15 is 0 Å². The maximum atomic E-state index is 5.93. The molecule has 0 aliphatic rings. The minimum absolute atomic E-state index is 0.216. The second-order valence-corrected chi connectivity index (χ2v) is 4.49. The Morgan fingerprint density at radius 2 is 1.69 bits per heavy atom. The summed E-state index contributed by atoms with van der Waals surface area (Å²) in [6, 6.07) is 6.58. The predicted octanol–water partition coefficient (Wildman–Crippen LogP) is 2.46. The van der Waals surface area contributed by atoms with Crippen LogP contribution in [0, 0.1) is 13.8 Å². The molecule has 0 aliphatic heterocycles. The summed E-state index contributed by atoms with van der Waals surface area (Å²) in [5, 5.41) is 0. The van der Waals surface area contributed by atoms with Crippen molar-refractivity contribution in [1.29, 1.82) is 0 Å². The minimum atomic E-state index is 0.216. The maximum Gasteiger partial charge on any atom is 0.195 e. The van der Waals surface area contributed by atoms with Crippen LogP contribution in [0.1, 0.15) is 25.0 Å². The number of hydrogen-bond donors (Lipinski definition) is 1. The molecule has 0 saturated carbocycles. The topological polar surface area (TPSA) is 41.6 Å². The van der Waals surface area contributed by atoms with Gasteiger partial charge in [-0.1, -0.05) is 6.07 Å². The van der Waals surface area contributed by atoms with Crippen LogP contribution in [0.25, 0.3) is 0 Å². The normalized spacial score (nSPS) is 12.0. The molecule has 1 aromatic carbocycles. The van der Waals surface area contributed by atoms with Crippen LogP contribution in [0.15, 0.2) is 23.2 Å². The predicted molar refractivity (Wildman–Crippen MR) is 71.1 cm³/mol. The molecule has 88 valence electrons. The van der Waals surface area contributed by atoms with Crippen molar-refractivity contribution in [3.05, 3.63) is 29.3 Å². The van der Waals surface area contributed by atoms with Crippen LogP contribution in [-0.2, 0) is 0 Å². The van der Waals surface area contributed by atoms with E-state index in [-0.39, 0.29) is 6.04 Å². The number of anilines is 1. The van der Waals surface area contributed by atoms with Crippen molar-refractivity contribution in [2.24, 2.45) is 10.7 Å². The van der Waals surface area contributed by atoms with Gasteiger partial charge in [-0.05, 0) is 51.0 Å². The first-order chi connectivity index (χ1) is 7.40. The van der Waals surface area contributed by atoms with Crippen molar-refractivity contribution in [2.75, 3.05) is 11.9 Å². The van der Waals surface area contributed by atoms with Gasteiger partial charge >= 0.3 is 0 Å². The molecule has 0 amide bonds. The SMILES string of the molecule is Cc1cc(C)cc(N(C)C(N)=NC(C)C)c1. The molecule has 0 aromatic heterocycles. The zero-order valence-corrected chi connectivity index (χ0v) is 10.8. The first-order valence-corrected chi connectivity index (χ1v) is 5.55. The smallest absolute Gasteiger partial charge is 0.195 e. The second kappa shape index (κ2) is 5.01. The zero-order chi connectivity index (χ0) is 12.3. The number of nitrogens with two attached hydrogens (primary N) is 1. The highest BCUT2D eigenvalue weighted by Crippen LogP contribution is 2.17. The van der Waals surface area contributed by atoms with Crippen LogP contribution in [-0.4, -0.2) is 19.0 Å². The standard InChI is InChI=1S/C13H21N3/c1-9(2)15-13(14)16(5)12-7-10(3)6-11(4)8-12/h6-9H,1-5H3,(H2,14,15). The van der Waals surface area contributed by atoms with Crippen LogP contribution >= 0.6 is 0 Å². The van der Waals surface area contributed by atoms with Crippen molar-refractivity contribution in [3.63, 3.8) is 0 Å². The summed E-state index contributed by atoms with van der Waals surface area (Å²) in [4.78, 5) is 6.25. The quantitative estimate of drug-likeness (QED) is 0.613. The molecule has 0 aliphatic carbocycles. The number of hydrogen-bond acceptors (Lipinski definition) is 1. The molecule has 1 rings (SSSR count). The highest BCUT2D eigenvalue weighted by molar-refractivity contribution is 5.94. The molecule has 3 nitrogen and oxygen atoms in total. The molecule has 0 heterocycles. The van der Waals surface area contributed by atoms with Gasteiger partial charge < -0.3 is 10.6 Å². The first kappa shape index (κ1) is 12.6. The van der Waals surface area contributed by atoms with Crippen LogP contribution in [0.4, 0.5) is 5.69 Å². The van der Waals surface area contributed by atoms with Crippen molar-refractivity contribution < 1.29 is 0 Å². The fourth-order valence-electron chi connectivity index (χ4n) is 1.63. The van der Waals surface area contributed by atoms with Crippen molar-refractivity contribution in [3.8, 4) is 0 Å². The van der Waals surface area contributed by atoms with E-state index in [1.807, 2.05) is 25.8 Å². The molecule has 0 spiro atoms. The van der Waals surface area contributed by atoms with E-state index in [1.165, 1.54) is 11.1 Å². The number of aliphatic imine (C=N–C) groups is 1. The van der Waals surface area contributed by atoms with E-state index in [9.17, 15) is 0 Å². The summed E-state index contributed by atoms with van der Waals surface area (Å²) < 4.78 is 0. The minimum Gasteiger partial charge on any atom is -0.370 e. The van der Waals surface area contributed by atoms with Gasteiger partial charge in [-0.25, -0.2) is 0 Å². The third-order valence-electron chi connectivity index (χ3n) is 2.33. The van der Waals surface area contributed by atoms with Gasteiger partial charge in [0.05, 0.1) is 0 Å². The number of rotatable bonds is 2. The molecule has 0 unspecified atom stereocenters. The molecule has 16 heavy (non-hydrogen) atoms. The van der Waals surface area contributed by atoms with E-state index in [4.69, 9.17) is 5.73 Å². The number of nitrogens with zero attached hydrogens (tertiary/aromatic N) is 2. The zero-order valence-electron chi connectivity index (χ0n) is 10.8. The maximum absolute atomic E-state index is 5.93. The van der Waals surface area contributed by atoms with Crippen molar-refractivity contribution >= 4 is 11.6 Å². The average molecular weight is 219 g/mol. The van der Waals surface area contributed by atoms with E-state index in [0.29, 0.717) is 5.96 Å². The average Bonchev–Trinajstić information content (AvgIpc) is 2.13. The van der Waals surface area contributed by atoms with Gasteiger partial charge in [0.15, 0.2) is 5.96 Å². The third kappa shape index (κ3) is 3.26. The molecule has 0 atom stereocenters. The number of guanidine groups is 1. The summed E-state index contributed by atoms with van der Waals surface area (Å²) in [6.45, 7) is 8.20. The van der Waals surface area contributed by atoms with Gasteiger partial charge in [-0.3, -0.25) is 4.99 Å². The van der Waals surface area contributed by atoms with Gasteiger partial charge in [-0.15, -0.1) is 0 Å². The fourth-order valence-corrected chi connectivity index (χ4v) is 1.63. The molecule has 1 aromatic rings. The Hall–Kier alpha value is -1.51. The Bertz CT molecular complexity index is 374. The Morgan fingerprint density at radius 1 is 1.19 bits per heavy atom. The van der Waals surface area contributed by atoms with Crippen molar-refractivity contribution in [2.45, 2.75) is 33.7 Å². The van der Waals surface area contributed by atoms with Crippen LogP contribution < -0.4 is 10.6 Å². The Labute approximate surface area is 98.0 Å². The highest BCUT2D eigenvalue weighted by Gasteiger charge is 2.06. The lowest BCUT2D eigenvalue weighted by molar-refractivity contribution is 0.828. The van der Waals surface area contributed by atoms with Gasteiger partial charge in [0.2, 0.25) is 0 Å². The van der Waals surface area contributed by atoms with Gasteiger partial charge in [-0.2, -0.15) is 0 Å². The molecule has 0 fully saturated rings. The monoisotopic (exact) mass is 219 g/mol. The van der Waals surface area contributed by atoms with Gasteiger partial charge in [0, 0.05) is 18.8 Å². The summed E-state index contributed by atoms with van der Waals surface area (Å²) in [7, 11) is 1.94. The summed E-state index contributed by atoms with van der Waals surface area (Å²) in [5.41, 5.74) is 9.48. The van der Waals surface area contributed by atoms with Crippen LogP contribution in [0.5, 0.6) is 0 Å². The van der Waals surface area contributed by atoms with Crippen LogP contribution in [0.2, 0.25) is 0 Å². The van der Waals surface area contributed by atoms with E-state index in [0.717, 1.165) is 5.69 Å². The summed E-state index contributed by atoms with van der Waals surface area (Å²) >= 11 is 0. The molecular weight excluding hydrogens is 198 g/mol. The summed E-state index contributed by atoms with van der Waals surface area (Å²) in [6.07, 6.45) is 0. The molecule has 3 heteroatoms. The molecule has 0 bridgehead atoms. The van der Waals surface area contributed by atoms with E-state index in [2.05, 4.69) is 37.0 Å². The largest absolute Gasteiger partial charge is 0.370 e. The lowest BCUT2D eigenvalue weighted by atomic mass is 10.1. The van der Waals surface area contributed by atoms with E-state index < -0.39 is 0 Å². The number of benzene rings is 1. The molecule has 0 radical (unpaired) electrons. The first-order valence-electron chi connectivity index (χ1n) is 5.55. The third-order valence-corrected chi connectivity index (χ3v) is 2.33. The van der Waals surface area contributed by atoms with Gasteiger partial charge in [0.25, 0.3) is 0 Å². The van der Waals surface area contributed by atoms with E-state index in [1.54, 1.807) is 0 Å². The molecule has 0 saturated heterocycles. The Morgan fingerprint density at radius 3 is 2.12 bits per heavy atom. The number of aryl methyl sites for hydroxylation is 2. The van der Waals surface area contributed by atoms with Gasteiger partial charge in [0.1, 0.15) is 0 Å². The summed E-state index contributed by atoms with van der Waals surface area (Å²) in [5.74, 6) is 0.556. The lowest BCUT2D eigenvalue weighted by Gasteiger charge is -2.20. The van der Waals surface area contributed by atoms with Crippen molar-refractivity contribution in [1.82, 2.24) is 0 Å². The lowest BCUT2D eigenvalue weighted by Crippen LogP contribution is -2.34. The fraction of sp³-hybridized carbons (Fsp3) is 0.462. The molecule has 2 N–H and O–H groups in total. The second-order valence-electron chi connectivity index (χ2n) is 4.49.